The number of hydrogen-bond donors (Lipinski definition) is 6. The van der Waals surface area contributed by atoms with Crippen molar-refractivity contribution in [3.63, 3.8) is 0 Å². The second-order valence-electron chi connectivity index (χ2n) is 6.82. The fourth-order valence-electron chi connectivity index (χ4n) is 3.45. The highest BCUT2D eigenvalue weighted by Crippen LogP contribution is 2.30. The molecule has 162 valence electrons. The highest BCUT2D eigenvalue weighted by atomic mass is 16.7. The first kappa shape index (κ1) is 22.9. The van der Waals surface area contributed by atoms with Crippen molar-refractivity contribution in [2.45, 2.75) is 75.0 Å². The van der Waals surface area contributed by atoms with Gasteiger partial charge in [0.1, 0.15) is 36.6 Å². The predicted molar refractivity (Wildman–Crippen MR) is 89.0 cm³/mol. The first-order chi connectivity index (χ1) is 13.1. The maximum Gasteiger partial charge on any atom is 0.335 e. The minimum atomic E-state index is -1.70. The fraction of sp³-hybridized carbons (Fsp3) is 0.875. The second-order valence-corrected chi connectivity index (χ2v) is 6.82. The van der Waals surface area contributed by atoms with Gasteiger partial charge in [-0.15, -0.1) is 0 Å². The van der Waals surface area contributed by atoms with E-state index >= 15 is 0 Å². The van der Waals surface area contributed by atoms with E-state index in [0.717, 1.165) is 7.11 Å². The summed E-state index contributed by atoms with van der Waals surface area (Å²) >= 11 is 0. The number of methoxy groups -OCH3 is 1. The van der Waals surface area contributed by atoms with Gasteiger partial charge in [0.2, 0.25) is 5.91 Å². The largest absolute Gasteiger partial charge is 0.479 e. The molecule has 10 atom stereocenters. The summed E-state index contributed by atoms with van der Waals surface area (Å²) in [5.41, 5.74) is 0. The van der Waals surface area contributed by atoms with E-state index in [0.29, 0.717) is 0 Å². The average molecular weight is 409 g/mol. The molecule has 12 heteroatoms. The number of rotatable bonds is 6. The number of amides is 1. The number of aliphatic hydroxyl groups is 4. The summed E-state index contributed by atoms with van der Waals surface area (Å²) in [6.45, 7) is 2.28. The van der Waals surface area contributed by atoms with Gasteiger partial charge in [-0.05, 0) is 6.92 Å². The van der Waals surface area contributed by atoms with Crippen LogP contribution in [-0.4, -0.2) is 112 Å². The van der Waals surface area contributed by atoms with Gasteiger partial charge in [-0.1, -0.05) is 0 Å². The molecule has 0 spiro atoms. The lowest BCUT2D eigenvalue weighted by Gasteiger charge is -2.47. The van der Waals surface area contributed by atoms with Crippen molar-refractivity contribution in [2.75, 3.05) is 13.7 Å². The van der Waals surface area contributed by atoms with Crippen molar-refractivity contribution in [2.24, 2.45) is 0 Å². The predicted octanol–water partition coefficient (Wildman–Crippen LogP) is -3.44. The fourth-order valence-corrected chi connectivity index (χ4v) is 3.45. The molecule has 1 amide bonds. The molecule has 0 aromatic rings. The Morgan fingerprint density at radius 1 is 1.07 bits per heavy atom. The van der Waals surface area contributed by atoms with E-state index in [1.54, 1.807) is 6.92 Å². The SMILES string of the molecule is CO[C@H]1C(O)C(O)[C@H](O[C@@H]2C(NC(C)=O)[C@H](C)OC(CO)[C@H]2O)O[C@H]1C(=O)O. The summed E-state index contributed by atoms with van der Waals surface area (Å²) in [4.78, 5) is 23.0. The van der Waals surface area contributed by atoms with Gasteiger partial charge in [-0.3, -0.25) is 4.79 Å². The van der Waals surface area contributed by atoms with Crippen LogP contribution in [0, 0.1) is 0 Å². The number of aliphatic hydroxyl groups excluding tert-OH is 4. The number of carboxylic acids is 1. The topological polar surface area (TPSA) is 184 Å². The Morgan fingerprint density at radius 3 is 2.21 bits per heavy atom. The second kappa shape index (κ2) is 9.41. The number of aliphatic carboxylic acids is 1. The van der Waals surface area contributed by atoms with Gasteiger partial charge in [0.15, 0.2) is 12.4 Å². The molecular weight excluding hydrogens is 382 g/mol. The lowest BCUT2D eigenvalue weighted by molar-refractivity contribution is -0.327. The van der Waals surface area contributed by atoms with Crippen LogP contribution in [0.2, 0.25) is 0 Å². The van der Waals surface area contributed by atoms with Crippen molar-refractivity contribution < 1.29 is 54.1 Å². The third kappa shape index (κ3) is 4.60. The van der Waals surface area contributed by atoms with Crippen LogP contribution < -0.4 is 5.32 Å². The zero-order valence-electron chi connectivity index (χ0n) is 15.7. The van der Waals surface area contributed by atoms with Gasteiger partial charge in [0.25, 0.3) is 0 Å². The summed E-state index contributed by atoms with van der Waals surface area (Å²) in [6, 6.07) is -0.897. The van der Waals surface area contributed by atoms with Gasteiger partial charge in [-0.2, -0.15) is 0 Å². The van der Waals surface area contributed by atoms with Crippen LogP contribution in [0.1, 0.15) is 13.8 Å². The number of nitrogens with one attached hydrogen (secondary N) is 1. The number of carbonyl (C=O) groups is 2. The first-order valence-corrected chi connectivity index (χ1v) is 8.76. The normalized spacial score (nSPS) is 44.1. The quantitative estimate of drug-likeness (QED) is 0.256. The Morgan fingerprint density at radius 2 is 1.71 bits per heavy atom. The highest BCUT2D eigenvalue weighted by Gasteiger charge is 2.52. The molecule has 2 aliphatic heterocycles. The molecule has 6 N–H and O–H groups in total. The van der Waals surface area contributed by atoms with E-state index in [-0.39, 0.29) is 0 Å². The number of carboxylic acid groups (broad SMARTS) is 1. The standard InChI is InChI=1S/C16H27NO11/c1-5-8(17-6(2)19)12(9(20)7(4-18)26-5)27-16-11(22)10(21)13(25-3)14(28-16)15(23)24/h5,7-14,16,18,20-22H,4H2,1-3H3,(H,17,19)(H,23,24)/t5-,7?,8?,9+,10?,11?,12+,13-,14+,16+/m0/s1. The monoisotopic (exact) mass is 409 g/mol. The molecule has 0 saturated carbocycles. The molecule has 0 radical (unpaired) electrons. The highest BCUT2D eigenvalue weighted by molar-refractivity contribution is 5.73. The van der Waals surface area contributed by atoms with Crippen LogP contribution in [0.3, 0.4) is 0 Å². The van der Waals surface area contributed by atoms with Gasteiger partial charge in [-0.25, -0.2) is 4.79 Å². The molecule has 0 aromatic carbocycles. The smallest absolute Gasteiger partial charge is 0.335 e. The van der Waals surface area contributed by atoms with E-state index in [1.807, 2.05) is 0 Å². The Kier molecular flexibility index (Phi) is 7.70. The molecule has 4 unspecified atom stereocenters. The third-order valence-electron chi connectivity index (χ3n) is 4.87. The zero-order chi connectivity index (χ0) is 21.2. The summed E-state index contributed by atoms with van der Waals surface area (Å²) in [6.07, 6.45) is -12.4. The van der Waals surface area contributed by atoms with E-state index in [4.69, 9.17) is 18.9 Å². The minimum Gasteiger partial charge on any atom is -0.479 e. The zero-order valence-corrected chi connectivity index (χ0v) is 15.7. The van der Waals surface area contributed by atoms with Crippen LogP contribution in [0.15, 0.2) is 0 Å². The summed E-state index contributed by atoms with van der Waals surface area (Å²) < 4.78 is 21.2. The van der Waals surface area contributed by atoms with Crippen molar-refractivity contribution in [3.05, 3.63) is 0 Å². The molecule has 0 bridgehead atoms. The van der Waals surface area contributed by atoms with Crippen LogP contribution >= 0.6 is 0 Å². The molecule has 28 heavy (non-hydrogen) atoms. The van der Waals surface area contributed by atoms with Crippen molar-refractivity contribution in [1.29, 1.82) is 0 Å². The number of hydrogen-bond acceptors (Lipinski definition) is 10. The Bertz CT molecular complexity index is 561. The van der Waals surface area contributed by atoms with E-state index < -0.39 is 79.6 Å². The maximum absolute atomic E-state index is 11.5. The van der Waals surface area contributed by atoms with Gasteiger partial charge in [0.05, 0.1) is 18.8 Å². The lowest BCUT2D eigenvalue weighted by atomic mass is 9.92. The Hall–Kier alpha value is -1.38. The molecule has 2 heterocycles. The molecule has 2 fully saturated rings. The Labute approximate surface area is 160 Å². The third-order valence-corrected chi connectivity index (χ3v) is 4.87. The molecule has 0 aromatic heterocycles. The molecule has 0 aliphatic carbocycles. The molecular formula is C16H27NO11. The Balaban J connectivity index is 2.26. The van der Waals surface area contributed by atoms with Crippen LogP contribution in [0.4, 0.5) is 0 Å². The summed E-state index contributed by atoms with van der Waals surface area (Å²) in [7, 11) is 1.16. The molecule has 2 saturated heterocycles. The number of carbonyl (C=O) groups excluding carboxylic acids is 1. The number of ether oxygens (including phenoxy) is 4. The van der Waals surface area contributed by atoms with E-state index in [1.165, 1.54) is 6.92 Å². The molecule has 12 nitrogen and oxygen atoms in total. The van der Waals surface area contributed by atoms with Gasteiger partial charge in [0, 0.05) is 14.0 Å². The first-order valence-electron chi connectivity index (χ1n) is 8.76. The minimum absolute atomic E-state index is 0.447. The van der Waals surface area contributed by atoms with Crippen molar-refractivity contribution >= 4 is 11.9 Å². The van der Waals surface area contributed by atoms with Crippen LogP contribution in [-0.2, 0) is 28.5 Å². The van der Waals surface area contributed by atoms with E-state index in [2.05, 4.69) is 5.32 Å². The van der Waals surface area contributed by atoms with Gasteiger partial charge >= 0.3 is 5.97 Å². The van der Waals surface area contributed by atoms with Gasteiger partial charge < -0.3 is 49.8 Å². The average Bonchev–Trinajstić information content (AvgIpc) is 2.63. The molecule has 2 rings (SSSR count). The van der Waals surface area contributed by atoms with Crippen molar-refractivity contribution in [1.82, 2.24) is 5.32 Å². The summed E-state index contributed by atoms with van der Waals surface area (Å²) in [5, 5.41) is 52.2. The molecule has 2 aliphatic rings. The lowest BCUT2D eigenvalue weighted by Crippen LogP contribution is -2.67. The van der Waals surface area contributed by atoms with Crippen LogP contribution in [0.5, 0.6) is 0 Å². The maximum atomic E-state index is 11.5. The van der Waals surface area contributed by atoms with Crippen molar-refractivity contribution in [3.8, 4) is 0 Å². The van der Waals surface area contributed by atoms with E-state index in [9.17, 15) is 35.1 Å². The van der Waals surface area contributed by atoms with Crippen LogP contribution in [0.25, 0.3) is 0 Å². The summed E-state index contributed by atoms with van der Waals surface area (Å²) in [5.74, 6) is -1.89.